The molecule has 0 aromatic rings. The van der Waals surface area contributed by atoms with E-state index in [-0.39, 0.29) is 37.3 Å². The molecule has 0 aromatic carbocycles. The van der Waals surface area contributed by atoms with Crippen LogP contribution in [0.3, 0.4) is 0 Å². The van der Waals surface area contributed by atoms with Crippen molar-refractivity contribution < 1.29 is 41.9 Å². The molecule has 3 rings (SSSR count). The molecule has 1 saturated carbocycles. The zero-order valence-corrected chi connectivity index (χ0v) is 18.1. The predicted octanol–water partition coefficient (Wildman–Crippen LogP) is -0.380. The monoisotopic (exact) mass is 476 g/mol. The lowest BCUT2D eigenvalue weighted by Crippen LogP contribution is -2.54. The van der Waals surface area contributed by atoms with Crippen molar-refractivity contribution in [3.8, 4) is 0 Å². The maximum absolute atomic E-state index is 13.1. The quantitative estimate of drug-likeness (QED) is 0.409. The third-order valence-electron chi connectivity index (χ3n) is 6.33. The Labute approximate surface area is 187 Å². The molecular formula is C20H27F3N4O6. The van der Waals surface area contributed by atoms with Crippen LogP contribution in [-0.2, 0) is 28.7 Å². The summed E-state index contributed by atoms with van der Waals surface area (Å²) in [5.41, 5.74) is -0.269. The van der Waals surface area contributed by atoms with Crippen LogP contribution < -0.4 is 16.0 Å². The summed E-state index contributed by atoms with van der Waals surface area (Å²) in [7, 11) is 0. The van der Waals surface area contributed by atoms with E-state index in [0.717, 1.165) is 17.7 Å². The van der Waals surface area contributed by atoms with Crippen molar-refractivity contribution in [2.24, 2.45) is 11.3 Å². The number of halogens is 3. The average Bonchev–Trinajstić information content (AvgIpc) is 3.20. The van der Waals surface area contributed by atoms with Crippen LogP contribution >= 0.6 is 0 Å². The first-order chi connectivity index (χ1) is 15.4. The second-order valence-corrected chi connectivity index (χ2v) is 8.79. The summed E-state index contributed by atoms with van der Waals surface area (Å²) < 4.78 is 40.9. The van der Waals surface area contributed by atoms with Crippen LogP contribution in [-0.4, -0.2) is 79.0 Å². The lowest BCUT2D eigenvalue weighted by molar-refractivity contribution is -0.321. The summed E-state index contributed by atoms with van der Waals surface area (Å²) in [5.74, 6) is -4.54. The summed E-state index contributed by atoms with van der Waals surface area (Å²) in [6.45, 7) is 1.11. The lowest BCUT2D eigenvalue weighted by Gasteiger charge is -2.26. The van der Waals surface area contributed by atoms with Crippen molar-refractivity contribution in [2.45, 2.75) is 57.5 Å². The minimum Gasteiger partial charge on any atom is -0.356 e. The van der Waals surface area contributed by atoms with E-state index in [0.29, 0.717) is 13.0 Å². The number of amides is 4. The molecule has 2 aliphatic heterocycles. The predicted molar refractivity (Wildman–Crippen MR) is 105 cm³/mol. The van der Waals surface area contributed by atoms with E-state index in [9.17, 15) is 37.1 Å². The van der Waals surface area contributed by atoms with Gasteiger partial charge < -0.3 is 20.9 Å². The molecule has 33 heavy (non-hydrogen) atoms. The number of likely N-dealkylation sites (N-methyl/N-ethyl adjacent to an activating group) is 1. The number of likely N-dealkylation sites (tertiary alicyclic amines) is 1. The highest BCUT2D eigenvalue weighted by molar-refractivity contribution is 6.35. The van der Waals surface area contributed by atoms with Crippen molar-refractivity contribution >= 4 is 29.4 Å². The molecule has 4 amide bonds. The SMILES string of the molecule is CCNC(=O)C(=O)N1CC2(CC2)C[C@H]1C(=O)N[C@@H](C[C@@H]1CCNC1=O)C(=O)COC(F)(F)F. The second kappa shape index (κ2) is 9.65. The number of ether oxygens (including phenoxy) is 1. The number of hydrogen-bond donors (Lipinski definition) is 3. The highest BCUT2D eigenvalue weighted by Crippen LogP contribution is 2.54. The molecule has 13 heteroatoms. The molecule has 1 aliphatic carbocycles. The van der Waals surface area contributed by atoms with Gasteiger partial charge in [0.1, 0.15) is 12.6 Å². The number of alkyl halides is 3. The van der Waals surface area contributed by atoms with Crippen molar-refractivity contribution in [3.63, 3.8) is 0 Å². The second-order valence-electron chi connectivity index (χ2n) is 8.79. The van der Waals surface area contributed by atoms with Crippen molar-refractivity contribution in [1.82, 2.24) is 20.9 Å². The summed E-state index contributed by atoms with van der Waals surface area (Å²) in [6.07, 6.45) is -3.02. The molecule has 3 N–H and O–H groups in total. The van der Waals surface area contributed by atoms with E-state index < -0.39 is 54.5 Å². The minimum atomic E-state index is -5.03. The first-order valence-corrected chi connectivity index (χ1v) is 10.8. The third-order valence-corrected chi connectivity index (χ3v) is 6.33. The molecule has 1 spiro atoms. The van der Waals surface area contributed by atoms with E-state index in [1.807, 2.05) is 0 Å². The Morgan fingerprint density at radius 1 is 1.27 bits per heavy atom. The molecule has 10 nitrogen and oxygen atoms in total. The van der Waals surface area contributed by atoms with Gasteiger partial charge in [-0.25, -0.2) is 0 Å². The molecule has 0 aromatic heterocycles. The van der Waals surface area contributed by atoms with E-state index in [1.165, 1.54) is 0 Å². The number of nitrogens with one attached hydrogen (secondary N) is 3. The maximum atomic E-state index is 13.1. The molecule has 3 aliphatic rings. The van der Waals surface area contributed by atoms with Crippen LogP contribution in [0.1, 0.15) is 39.0 Å². The fraction of sp³-hybridized carbons (Fsp3) is 0.750. The van der Waals surface area contributed by atoms with Gasteiger partial charge in [-0.15, -0.1) is 13.2 Å². The maximum Gasteiger partial charge on any atom is 0.522 e. The third kappa shape index (κ3) is 6.21. The molecule has 0 bridgehead atoms. The van der Waals surface area contributed by atoms with Gasteiger partial charge in [0.25, 0.3) is 0 Å². The first kappa shape index (κ1) is 24.9. The zero-order chi connectivity index (χ0) is 24.4. The van der Waals surface area contributed by atoms with Gasteiger partial charge in [-0.2, -0.15) is 0 Å². The zero-order valence-electron chi connectivity index (χ0n) is 18.1. The Hall–Kier alpha value is -2.70. The van der Waals surface area contributed by atoms with E-state index in [2.05, 4.69) is 20.7 Å². The van der Waals surface area contributed by atoms with Crippen molar-refractivity contribution in [1.29, 1.82) is 0 Å². The van der Waals surface area contributed by atoms with Gasteiger partial charge in [0, 0.05) is 25.6 Å². The molecule has 0 unspecified atom stereocenters. The van der Waals surface area contributed by atoms with Crippen LogP contribution in [0.5, 0.6) is 0 Å². The molecular weight excluding hydrogens is 449 g/mol. The first-order valence-electron chi connectivity index (χ1n) is 10.8. The largest absolute Gasteiger partial charge is 0.522 e. The molecule has 3 fully saturated rings. The highest BCUT2D eigenvalue weighted by atomic mass is 19.4. The lowest BCUT2D eigenvalue weighted by atomic mass is 9.95. The highest BCUT2D eigenvalue weighted by Gasteiger charge is 2.56. The minimum absolute atomic E-state index is 0.195. The summed E-state index contributed by atoms with van der Waals surface area (Å²) in [5, 5.41) is 7.38. The molecule has 184 valence electrons. The average molecular weight is 476 g/mol. The molecule has 0 radical (unpaired) electrons. The normalized spacial score (nSPS) is 24.4. The van der Waals surface area contributed by atoms with Crippen molar-refractivity contribution in [2.75, 3.05) is 26.2 Å². The number of Topliss-reactive ketones (excluding diaryl/α,β-unsaturated/α-hetero) is 1. The van der Waals surface area contributed by atoms with E-state index in [4.69, 9.17) is 0 Å². The van der Waals surface area contributed by atoms with Gasteiger partial charge in [0.2, 0.25) is 11.8 Å². The van der Waals surface area contributed by atoms with Crippen LogP contribution in [0.4, 0.5) is 13.2 Å². The van der Waals surface area contributed by atoms with Gasteiger partial charge >= 0.3 is 18.2 Å². The van der Waals surface area contributed by atoms with Crippen LogP contribution in [0.15, 0.2) is 0 Å². The molecule has 2 heterocycles. The Kier molecular flexibility index (Phi) is 7.29. The summed E-state index contributed by atoms with van der Waals surface area (Å²) >= 11 is 0. The smallest absolute Gasteiger partial charge is 0.356 e. The summed E-state index contributed by atoms with van der Waals surface area (Å²) in [4.78, 5) is 63.3. The standard InChI is InChI=1S/C20H27F3N4O6/c1-2-24-17(31)18(32)27-10-19(4-5-19)8-13(27)16(30)26-12(7-11-3-6-25-15(11)29)14(28)9-33-20(21,22)23/h11-13H,2-10H2,1H3,(H,24,31)(H,25,29)(H,26,30)/t11-,12-,13-/m0/s1. The van der Waals surface area contributed by atoms with E-state index in [1.54, 1.807) is 6.92 Å². The number of hydrogen-bond acceptors (Lipinski definition) is 6. The number of carbonyl (C=O) groups excluding carboxylic acids is 5. The van der Waals surface area contributed by atoms with Crippen LogP contribution in [0.2, 0.25) is 0 Å². The topological polar surface area (TPSA) is 134 Å². The molecule has 2 saturated heterocycles. The Morgan fingerprint density at radius 3 is 2.52 bits per heavy atom. The number of carbonyl (C=O) groups is 5. The van der Waals surface area contributed by atoms with Gasteiger partial charge in [0.05, 0.1) is 6.04 Å². The van der Waals surface area contributed by atoms with Gasteiger partial charge in [0.15, 0.2) is 5.78 Å². The Bertz CT molecular complexity index is 829. The van der Waals surface area contributed by atoms with Gasteiger partial charge in [-0.1, -0.05) is 0 Å². The number of rotatable bonds is 8. The Morgan fingerprint density at radius 2 is 1.97 bits per heavy atom. The van der Waals surface area contributed by atoms with Crippen molar-refractivity contribution in [3.05, 3.63) is 0 Å². The number of ketones is 1. The van der Waals surface area contributed by atoms with Crippen LogP contribution in [0, 0.1) is 11.3 Å². The molecule has 3 atom stereocenters. The fourth-order valence-corrected chi connectivity index (χ4v) is 4.36. The number of nitrogens with zero attached hydrogens (tertiary/aromatic N) is 1. The van der Waals surface area contributed by atoms with Gasteiger partial charge in [-0.3, -0.25) is 28.7 Å². The van der Waals surface area contributed by atoms with Gasteiger partial charge in [-0.05, 0) is 44.4 Å². The Balaban J connectivity index is 1.73. The fourth-order valence-electron chi connectivity index (χ4n) is 4.36. The van der Waals surface area contributed by atoms with Crippen LogP contribution in [0.25, 0.3) is 0 Å². The van der Waals surface area contributed by atoms with E-state index >= 15 is 0 Å². The summed E-state index contributed by atoms with van der Waals surface area (Å²) in [6, 6.07) is -2.45.